The van der Waals surface area contributed by atoms with Gasteiger partial charge in [0.2, 0.25) is 0 Å². The van der Waals surface area contributed by atoms with Gasteiger partial charge in [0, 0.05) is 5.41 Å². The summed E-state index contributed by atoms with van der Waals surface area (Å²) >= 11 is 0. The molecular formula is C21H28O4. The quantitative estimate of drug-likeness (QED) is 0.745. The minimum atomic E-state index is -1.13. The first-order chi connectivity index (χ1) is 11.9. The number of carbonyl (C=O) groups is 1. The number of phenolic OH excluding ortho intramolecular Hbond substituents is 1. The SMILES string of the molecule is CC[C@H]1Cc2cc(O)ccc2C2CC[C@@]3(C)C(CC[C@@H]3OC(=O)O)C21. The van der Waals surface area contributed by atoms with Gasteiger partial charge in [0.25, 0.3) is 0 Å². The van der Waals surface area contributed by atoms with Crippen molar-refractivity contribution in [1.29, 1.82) is 0 Å². The summed E-state index contributed by atoms with van der Waals surface area (Å²) in [5.74, 6) is 2.64. The monoisotopic (exact) mass is 344 g/mol. The molecule has 0 saturated heterocycles. The van der Waals surface area contributed by atoms with Crippen LogP contribution in [0.3, 0.4) is 0 Å². The van der Waals surface area contributed by atoms with E-state index < -0.39 is 6.16 Å². The first-order valence-corrected chi connectivity index (χ1v) is 9.65. The molecule has 2 fully saturated rings. The van der Waals surface area contributed by atoms with Crippen molar-refractivity contribution < 1.29 is 19.7 Å². The van der Waals surface area contributed by atoms with Gasteiger partial charge in [0.1, 0.15) is 11.9 Å². The molecule has 4 rings (SSSR count). The molecule has 0 bridgehead atoms. The summed E-state index contributed by atoms with van der Waals surface area (Å²) < 4.78 is 5.30. The summed E-state index contributed by atoms with van der Waals surface area (Å²) in [5.41, 5.74) is 2.70. The first kappa shape index (κ1) is 16.7. The Morgan fingerprint density at radius 2 is 2.12 bits per heavy atom. The van der Waals surface area contributed by atoms with Gasteiger partial charge in [0.05, 0.1) is 0 Å². The molecule has 2 N–H and O–H groups in total. The third-order valence-electron chi connectivity index (χ3n) is 7.57. The second-order valence-electron chi connectivity index (χ2n) is 8.54. The Balaban J connectivity index is 1.70. The number of fused-ring (bicyclic) bond motifs is 5. The molecule has 0 heterocycles. The summed E-state index contributed by atoms with van der Waals surface area (Å²) in [6.45, 7) is 4.52. The average Bonchev–Trinajstić information content (AvgIpc) is 2.89. The van der Waals surface area contributed by atoms with Crippen LogP contribution in [0.25, 0.3) is 0 Å². The summed E-state index contributed by atoms with van der Waals surface area (Å²) in [4.78, 5) is 11.1. The van der Waals surface area contributed by atoms with Crippen LogP contribution in [0, 0.1) is 23.2 Å². The number of rotatable bonds is 2. The fourth-order valence-electron chi connectivity index (χ4n) is 6.45. The lowest BCUT2D eigenvalue weighted by molar-refractivity contribution is -0.0563. The van der Waals surface area contributed by atoms with Crippen LogP contribution in [0.2, 0.25) is 0 Å². The van der Waals surface area contributed by atoms with Gasteiger partial charge in [-0.25, -0.2) is 4.79 Å². The van der Waals surface area contributed by atoms with Crippen molar-refractivity contribution >= 4 is 6.16 Å². The zero-order valence-corrected chi connectivity index (χ0v) is 15.1. The van der Waals surface area contributed by atoms with Crippen molar-refractivity contribution in [2.24, 2.45) is 23.2 Å². The zero-order valence-electron chi connectivity index (χ0n) is 15.1. The molecule has 4 heteroatoms. The highest BCUT2D eigenvalue weighted by molar-refractivity contribution is 5.57. The van der Waals surface area contributed by atoms with Gasteiger partial charge in [-0.3, -0.25) is 0 Å². The fourth-order valence-corrected chi connectivity index (χ4v) is 6.45. The molecule has 25 heavy (non-hydrogen) atoms. The Bertz CT molecular complexity index is 684. The van der Waals surface area contributed by atoms with E-state index >= 15 is 0 Å². The van der Waals surface area contributed by atoms with Crippen LogP contribution in [0.4, 0.5) is 4.79 Å². The molecule has 2 saturated carbocycles. The van der Waals surface area contributed by atoms with E-state index in [0.29, 0.717) is 29.4 Å². The van der Waals surface area contributed by atoms with Crippen LogP contribution >= 0.6 is 0 Å². The van der Waals surface area contributed by atoms with Gasteiger partial charge in [0.15, 0.2) is 0 Å². The Kier molecular flexibility index (Phi) is 3.97. The van der Waals surface area contributed by atoms with Crippen LogP contribution in [-0.2, 0) is 11.2 Å². The third-order valence-corrected chi connectivity index (χ3v) is 7.57. The lowest BCUT2D eigenvalue weighted by Crippen LogP contribution is -2.47. The molecule has 1 aromatic carbocycles. The maximum atomic E-state index is 11.1. The van der Waals surface area contributed by atoms with Crippen molar-refractivity contribution in [1.82, 2.24) is 0 Å². The number of aromatic hydroxyl groups is 1. The van der Waals surface area contributed by atoms with E-state index in [9.17, 15) is 9.90 Å². The highest BCUT2D eigenvalue weighted by Crippen LogP contribution is 2.63. The van der Waals surface area contributed by atoms with Gasteiger partial charge >= 0.3 is 6.16 Å². The van der Waals surface area contributed by atoms with E-state index in [1.54, 1.807) is 0 Å². The second kappa shape index (κ2) is 5.93. The molecule has 1 aromatic rings. The van der Waals surface area contributed by atoms with Crippen LogP contribution < -0.4 is 0 Å². The molecule has 3 unspecified atom stereocenters. The molecule has 3 aliphatic rings. The Morgan fingerprint density at radius 3 is 2.84 bits per heavy atom. The summed E-state index contributed by atoms with van der Waals surface area (Å²) in [6.07, 6.45) is 4.90. The van der Waals surface area contributed by atoms with E-state index in [4.69, 9.17) is 9.84 Å². The summed E-state index contributed by atoms with van der Waals surface area (Å²) in [5, 5.41) is 19.0. The van der Waals surface area contributed by atoms with Gasteiger partial charge in [-0.1, -0.05) is 26.3 Å². The topological polar surface area (TPSA) is 66.8 Å². The molecule has 136 valence electrons. The van der Waals surface area contributed by atoms with Crippen molar-refractivity contribution in [3.63, 3.8) is 0 Å². The maximum absolute atomic E-state index is 11.1. The van der Waals surface area contributed by atoms with Gasteiger partial charge in [-0.05, 0) is 79.0 Å². The largest absolute Gasteiger partial charge is 0.508 e. The van der Waals surface area contributed by atoms with Gasteiger partial charge < -0.3 is 14.9 Å². The van der Waals surface area contributed by atoms with Crippen LogP contribution in [0.5, 0.6) is 5.75 Å². The first-order valence-electron chi connectivity index (χ1n) is 9.65. The molecular weight excluding hydrogens is 316 g/mol. The Labute approximate surface area is 149 Å². The van der Waals surface area contributed by atoms with E-state index in [0.717, 1.165) is 38.5 Å². The summed E-state index contributed by atoms with van der Waals surface area (Å²) in [7, 11) is 0. The molecule has 0 aliphatic heterocycles. The minimum Gasteiger partial charge on any atom is -0.508 e. The highest BCUT2D eigenvalue weighted by Gasteiger charge is 2.58. The zero-order chi connectivity index (χ0) is 17.8. The predicted octanol–water partition coefficient (Wildman–Crippen LogP) is 4.95. The molecule has 0 amide bonds. The molecule has 6 atom stereocenters. The van der Waals surface area contributed by atoms with Crippen LogP contribution in [-0.4, -0.2) is 22.5 Å². The predicted molar refractivity (Wildman–Crippen MR) is 94.8 cm³/mol. The van der Waals surface area contributed by atoms with E-state index in [1.807, 2.05) is 12.1 Å². The van der Waals surface area contributed by atoms with Crippen molar-refractivity contribution in [2.45, 2.75) is 64.4 Å². The minimum absolute atomic E-state index is 0.0264. The van der Waals surface area contributed by atoms with E-state index in [2.05, 4.69) is 19.9 Å². The van der Waals surface area contributed by atoms with Gasteiger partial charge in [-0.2, -0.15) is 0 Å². The number of carboxylic acid groups (broad SMARTS) is 1. The number of phenols is 1. The highest BCUT2D eigenvalue weighted by atomic mass is 16.7. The lowest BCUT2D eigenvalue weighted by Gasteiger charge is -2.53. The number of benzene rings is 1. The van der Waals surface area contributed by atoms with Crippen LogP contribution in [0.15, 0.2) is 18.2 Å². The number of hydrogen-bond acceptors (Lipinski definition) is 3. The van der Waals surface area contributed by atoms with Crippen molar-refractivity contribution in [3.8, 4) is 5.75 Å². The smallest absolute Gasteiger partial charge is 0.506 e. The molecule has 0 radical (unpaired) electrons. The summed E-state index contributed by atoms with van der Waals surface area (Å²) in [6, 6.07) is 5.89. The average molecular weight is 344 g/mol. The van der Waals surface area contributed by atoms with E-state index in [1.165, 1.54) is 11.1 Å². The number of ether oxygens (including phenoxy) is 1. The Hall–Kier alpha value is -1.71. The standard InChI is InChI=1S/C21H28O4/c1-3-12-10-13-11-14(22)4-5-15(13)16-8-9-21(2)17(19(12)16)6-7-18(21)25-20(23)24/h4-5,11-12,16-19,22H,3,6-10H2,1-2H3,(H,23,24)/t12-,16?,17?,18-,19?,21-/m0/s1. The van der Waals surface area contributed by atoms with Crippen molar-refractivity contribution in [3.05, 3.63) is 29.3 Å². The third kappa shape index (κ3) is 2.52. The second-order valence-corrected chi connectivity index (χ2v) is 8.54. The maximum Gasteiger partial charge on any atom is 0.506 e. The number of hydrogen-bond donors (Lipinski definition) is 2. The van der Waals surface area contributed by atoms with Crippen LogP contribution in [0.1, 0.15) is 63.0 Å². The molecule has 3 aliphatic carbocycles. The normalized spacial score (nSPS) is 39.2. The van der Waals surface area contributed by atoms with E-state index in [-0.39, 0.29) is 11.5 Å². The Morgan fingerprint density at radius 1 is 1.32 bits per heavy atom. The molecule has 0 aromatic heterocycles. The van der Waals surface area contributed by atoms with Crippen molar-refractivity contribution in [2.75, 3.05) is 0 Å². The molecule has 0 spiro atoms. The lowest BCUT2D eigenvalue weighted by atomic mass is 9.52. The fraction of sp³-hybridized carbons (Fsp3) is 0.667. The molecule has 4 nitrogen and oxygen atoms in total. The van der Waals surface area contributed by atoms with Gasteiger partial charge in [-0.15, -0.1) is 0 Å².